The Kier molecular flexibility index (Phi) is 6.80. The average molecular weight is 416 g/mol. The third-order valence-corrected chi connectivity index (χ3v) is 6.07. The largest absolute Gasteiger partial charge is 0.393 e. The zero-order valence-electron chi connectivity index (χ0n) is 17.5. The average Bonchev–Trinajstić information content (AvgIpc) is 3.09. The van der Waals surface area contributed by atoms with E-state index in [4.69, 9.17) is 0 Å². The summed E-state index contributed by atoms with van der Waals surface area (Å²) in [6.45, 7) is 0. The lowest BCUT2D eigenvalue weighted by Gasteiger charge is -2.24. The lowest BCUT2D eigenvalue weighted by atomic mass is 9.90. The van der Waals surface area contributed by atoms with Gasteiger partial charge in [-0.25, -0.2) is 0 Å². The first-order valence-electron chi connectivity index (χ1n) is 10.9. The molecule has 0 heterocycles. The molecule has 160 valence electrons. The van der Waals surface area contributed by atoms with Crippen molar-refractivity contribution in [2.24, 2.45) is 5.92 Å². The summed E-state index contributed by atoms with van der Waals surface area (Å²) < 4.78 is 0. The molecule has 1 unspecified atom stereocenters. The monoisotopic (exact) mass is 415 g/mol. The van der Waals surface area contributed by atoms with Crippen LogP contribution in [-0.4, -0.2) is 28.3 Å². The van der Waals surface area contributed by atoms with Gasteiger partial charge in [-0.15, -0.1) is 0 Å². The summed E-state index contributed by atoms with van der Waals surface area (Å²) in [7, 11) is 0. The molecule has 4 atom stereocenters. The van der Waals surface area contributed by atoms with Crippen LogP contribution >= 0.6 is 0 Å². The fourth-order valence-electron chi connectivity index (χ4n) is 4.50. The maximum atomic E-state index is 13.3. The number of hydrogen-bond acceptors (Lipinski definition) is 3. The van der Waals surface area contributed by atoms with Gasteiger partial charge in [-0.05, 0) is 41.5 Å². The molecule has 0 saturated heterocycles. The third-order valence-electron chi connectivity index (χ3n) is 6.07. The fourth-order valence-corrected chi connectivity index (χ4v) is 4.50. The third kappa shape index (κ3) is 5.40. The number of rotatable bonds is 8. The number of benzene rings is 3. The summed E-state index contributed by atoms with van der Waals surface area (Å²) in [5.41, 5.74) is 4.16. The summed E-state index contributed by atoms with van der Waals surface area (Å²) in [4.78, 5) is 13.3. The van der Waals surface area contributed by atoms with Crippen molar-refractivity contribution in [3.8, 4) is 0 Å². The van der Waals surface area contributed by atoms with Crippen LogP contribution in [0.15, 0.2) is 84.9 Å². The molecule has 3 N–H and O–H groups in total. The molecule has 0 spiro atoms. The van der Waals surface area contributed by atoms with Gasteiger partial charge in [-0.2, -0.15) is 0 Å². The van der Waals surface area contributed by atoms with Crippen molar-refractivity contribution in [2.45, 2.75) is 43.9 Å². The highest BCUT2D eigenvalue weighted by molar-refractivity contribution is 5.79. The van der Waals surface area contributed by atoms with Crippen LogP contribution in [0.5, 0.6) is 0 Å². The Balaban J connectivity index is 1.48. The minimum Gasteiger partial charge on any atom is -0.393 e. The summed E-state index contributed by atoms with van der Waals surface area (Å²) in [5, 5.41) is 24.4. The standard InChI is InChI=1S/C27H29NO3/c29-23(16-20-11-5-2-6-12-20)17-22(15-19-9-3-1-4-10-19)27(31)28-26-24-14-8-7-13-21(24)18-25(26)30/h1-14,22-23,25-26,29-30H,15-18H2,(H,28,31)/t22-,23+,25+,26?/m0/s1. The quantitative estimate of drug-likeness (QED) is 0.526. The number of nitrogens with one attached hydrogen (secondary N) is 1. The zero-order valence-corrected chi connectivity index (χ0v) is 17.5. The summed E-state index contributed by atoms with van der Waals surface area (Å²) in [6, 6.07) is 27.1. The summed E-state index contributed by atoms with van der Waals surface area (Å²) in [6.07, 6.45) is 0.703. The fraction of sp³-hybridized carbons (Fsp3) is 0.296. The van der Waals surface area contributed by atoms with E-state index >= 15 is 0 Å². The topological polar surface area (TPSA) is 69.6 Å². The first-order valence-corrected chi connectivity index (χ1v) is 10.9. The Morgan fingerprint density at radius 3 is 2.13 bits per heavy atom. The molecule has 0 fully saturated rings. The second kappa shape index (κ2) is 9.90. The number of fused-ring (bicyclic) bond motifs is 1. The number of carbonyl (C=O) groups excluding carboxylic acids is 1. The molecule has 0 radical (unpaired) electrons. The molecule has 4 nitrogen and oxygen atoms in total. The molecule has 0 bridgehead atoms. The normalized spacial score (nSPS) is 19.4. The Hall–Kier alpha value is -2.95. The first kappa shape index (κ1) is 21.3. The molecule has 31 heavy (non-hydrogen) atoms. The van der Waals surface area contributed by atoms with E-state index in [2.05, 4.69) is 5.32 Å². The first-order chi connectivity index (χ1) is 15.1. The van der Waals surface area contributed by atoms with Crippen molar-refractivity contribution in [3.05, 3.63) is 107 Å². The summed E-state index contributed by atoms with van der Waals surface area (Å²) in [5.74, 6) is -0.516. The van der Waals surface area contributed by atoms with Crippen LogP contribution in [0.4, 0.5) is 0 Å². The van der Waals surface area contributed by atoms with Gasteiger partial charge in [0.1, 0.15) is 0 Å². The van der Waals surface area contributed by atoms with Crippen molar-refractivity contribution in [2.75, 3.05) is 0 Å². The van der Waals surface area contributed by atoms with Gasteiger partial charge in [0, 0.05) is 12.3 Å². The molecule has 1 amide bonds. The zero-order chi connectivity index (χ0) is 21.6. The predicted molar refractivity (Wildman–Crippen MR) is 121 cm³/mol. The lowest BCUT2D eigenvalue weighted by Crippen LogP contribution is -2.39. The summed E-state index contributed by atoms with van der Waals surface area (Å²) >= 11 is 0. The minimum absolute atomic E-state index is 0.128. The van der Waals surface area contributed by atoms with E-state index in [1.165, 1.54) is 0 Å². The molecule has 0 aromatic heterocycles. The minimum atomic E-state index is -0.632. The van der Waals surface area contributed by atoms with Crippen LogP contribution in [0.1, 0.15) is 34.7 Å². The molecule has 1 aliphatic rings. The Labute approximate surface area is 183 Å². The van der Waals surface area contributed by atoms with Crippen molar-refractivity contribution in [1.29, 1.82) is 0 Å². The number of amides is 1. The van der Waals surface area contributed by atoms with Gasteiger partial charge in [0.15, 0.2) is 0 Å². The molecule has 3 aromatic rings. The van der Waals surface area contributed by atoms with Crippen molar-refractivity contribution < 1.29 is 15.0 Å². The molecule has 0 saturated carbocycles. The van der Waals surface area contributed by atoms with Crippen LogP contribution in [0.25, 0.3) is 0 Å². The van der Waals surface area contributed by atoms with Crippen LogP contribution in [0.2, 0.25) is 0 Å². The highest BCUT2D eigenvalue weighted by Crippen LogP contribution is 2.32. The Morgan fingerprint density at radius 2 is 1.45 bits per heavy atom. The van der Waals surface area contributed by atoms with Gasteiger partial charge in [0.2, 0.25) is 5.91 Å². The lowest BCUT2D eigenvalue weighted by molar-refractivity contribution is -0.127. The van der Waals surface area contributed by atoms with E-state index in [-0.39, 0.29) is 11.8 Å². The number of aliphatic hydroxyl groups excluding tert-OH is 2. The van der Waals surface area contributed by atoms with Gasteiger partial charge in [-0.1, -0.05) is 84.9 Å². The van der Waals surface area contributed by atoms with Crippen molar-refractivity contribution in [1.82, 2.24) is 5.32 Å². The van der Waals surface area contributed by atoms with Crippen molar-refractivity contribution in [3.63, 3.8) is 0 Å². The highest BCUT2D eigenvalue weighted by atomic mass is 16.3. The molecule has 1 aliphatic carbocycles. The van der Waals surface area contributed by atoms with Crippen LogP contribution in [-0.2, 0) is 24.1 Å². The molecular formula is C27H29NO3. The second-order valence-electron chi connectivity index (χ2n) is 8.42. The predicted octanol–water partition coefficient (Wildman–Crippen LogP) is 3.61. The van der Waals surface area contributed by atoms with Crippen LogP contribution < -0.4 is 5.32 Å². The van der Waals surface area contributed by atoms with E-state index in [0.29, 0.717) is 25.7 Å². The maximum absolute atomic E-state index is 13.3. The smallest absolute Gasteiger partial charge is 0.224 e. The SMILES string of the molecule is O=C(NC1c2ccccc2C[C@H]1O)[C@@H](Cc1ccccc1)C[C@H](O)Cc1ccccc1. The van der Waals surface area contributed by atoms with E-state index < -0.39 is 18.2 Å². The van der Waals surface area contributed by atoms with Gasteiger partial charge in [0.25, 0.3) is 0 Å². The molecule has 4 rings (SSSR count). The Bertz CT molecular complexity index is 990. The number of hydrogen-bond donors (Lipinski definition) is 3. The molecule has 0 aliphatic heterocycles. The van der Waals surface area contributed by atoms with Crippen LogP contribution in [0.3, 0.4) is 0 Å². The van der Waals surface area contributed by atoms with E-state index in [1.54, 1.807) is 0 Å². The van der Waals surface area contributed by atoms with Gasteiger partial charge in [0.05, 0.1) is 18.2 Å². The van der Waals surface area contributed by atoms with E-state index in [9.17, 15) is 15.0 Å². The highest BCUT2D eigenvalue weighted by Gasteiger charge is 2.34. The molecular weight excluding hydrogens is 386 g/mol. The van der Waals surface area contributed by atoms with Crippen molar-refractivity contribution >= 4 is 5.91 Å². The van der Waals surface area contributed by atoms with E-state index in [1.807, 2.05) is 84.9 Å². The van der Waals surface area contributed by atoms with Gasteiger partial charge < -0.3 is 15.5 Å². The number of carbonyl (C=O) groups is 1. The second-order valence-corrected chi connectivity index (χ2v) is 8.42. The van der Waals surface area contributed by atoms with Gasteiger partial charge in [-0.3, -0.25) is 4.79 Å². The number of aliphatic hydroxyl groups is 2. The van der Waals surface area contributed by atoms with Gasteiger partial charge >= 0.3 is 0 Å². The molecule has 3 aromatic carbocycles. The maximum Gasteiger partial charge on any atom is 0.224 e. The Morgan fingerprint density at radius 1 is 0.871 bits per heavy atom. The van der Waals surface area contributed by atoms with Crippen LogP contribution in [0, 0.1) is 5.92 Å². The van der Waals surface area contributed by atoms with E-state index in [0.717, 1.165) is 22.3 Å². The molecule has 4 heteroatoms.